The van der Waals surface area contributed by atoms with Crippen LogP contribution in [0, 0.1) is 0 Å². The molecule has 1 fully saturated rings. The van der Waals surface area contributed by atoms with Gasteiger partial charge in [-0.2, -0.15) is 0 Å². The number of halogens is 1. The molecule has 0 bridgehead atoms. The normalized spacial score (nSPS) is 16.0. The van der Waals surface area contributed by atoms with Gasteiger partial charge in [-0.25, -0.2) is 0 Å². The van der Waals surface area contributed by atoms with Crippen LogP contribution in [-0.4, -0.2) is 33.4 Å². The van der Waals surface area contributed by atoms with Crippen LogP contribution in [0.15, 0.2) is 59.8 Å². The van der Waals surface area contributed by atoms with Gasteiger partial charge >= 0.3 is 0 Å². The number of benzene rings is 2. The topological polar surface area (TPSA) is 69.0 Å². The molecule has 1 amide bonds. The number of rotatable bonds is 8. The van der Waals surface area contributed by atoms with Crippen LogP contribution in [0.3, 0.4) is 0 Å². The Hall–Kier alpha value is -2.35. The summed E-state index contributed by atoms with van der Waals surface area (Å²) < 4.78 is 7.51. The van der Waals surface area contributed by atoms with Crippen LogP contribution in [0.2, 0.25) is 5.02 Å². The fourth-order valence-electron chi connectivity index (χ4n) is 3.30. The molecule has 1 aliphatic heterocycles. The Kier molecular flexibility index (Phi) is 7.04. The summed E-state index contributed by atoms with van der Waals surface area (Å²) in [7, 11) is 0. The first-order valence-electron chi connectivity index (χ1n) is 9.92. The van der Waals surface area contributed by atoms with E-state index in [1.165, 1.54) is 0 Å². The summed E-state index contributed by atoms with van der Waals surface area (Å²) in [5.74, 6) is 1.31. The molecule has 2 heterocycles. The monoisotopic (exact) mass is 442 g/mol. The Balaban J connectivity index is 1.50. The molecule has 0 saturated carbocycles. The predicted molar refractivity (Wildman–Crippen MR) is 117 cm³/mol. The summed E-state index contributed by atoms with van der Waals surface area (Å²) >= 11 is 7.88. The largest absolute Gasteiger partial charge is 0.368 e. The Labute approximate surface area is 185 Å². The van der Waals surface area contributed by atoms with Crippen molar-refractivity contribution in [2.24, 2.45) is 0 Å². The predicted octanol–water partition coefficient (Wildman–Crippen LogP) is 4.07. The highest BCUT2D eigenvalue weighted by Crippen LogP contribution is 2.26. The first kappa shape index (κ1) is 20.9. The maximum absolute atomic E-state index is 12.3. The van der Waals surface area contributed by atoms with E-state index in [0.29, 0.717) is 31.3 Å². The lowest BCUT2D eigenvalue weighted by atomic mass is 10.2. The summed E-state index contributed by atoms with van der Waals surface area (Å²) in [4.78, 5) is 12.3. The van der Waals surface area contributed by atoms with Gasteiger partial charge in [0.2, 0.25) is 5.91 Å². The van der Waals surface area contributed by atoms with Gasteiger partial charge in [0.1, 0.15) is 6.10 Å². The number of carbonyl (C=O) groups is 1. The molecule has 30 heavy (non-hydrogen) atoms. The third-order valence-corrected chi connectivity index (χ3v) is 6.32. The quantitative estimate of drug-likeness (QED) is 0.532. The van der Waals surface area contributed by atoms with Crippen LogP contribution in [0.1, 0.15) is 29.8 Å². The van der Waals surface area contributed by atoms with Crippen LogP contribution in [-0.2, 0) is 28.4 Å². The average Bonchev–Trinajstić information content (AvgIpc) is 3.43. The van der Waals surface area contributed by atoms with Gasteiger partial charge in [0.25, 0.3) is 0 Å². The number of thioether (sulfide) groups is 1. The van der Waals surface area contributed by atoms with E-state index in [4.69, 9.17) is 16.3 Å². The molecule has 156 valence electrons. The van der Waals surface area contributed by atoms with Crippen LogP contribution in [0.4, 0.5) is 0 Å². The van der Waals surface area contributed by atoms with Crippen LogP contribution >= 0.6 is 23.4 Å². The van der Waals surface area contributed by atoms with E-state index >= 15 is 0 Å². The number of amides is 1. The molecule has 1 N–H and O–H groups in total. The number of hydrogen-bond acceptors (Lipinski definition) is 5. The van der Waals surface area contributed by atoms with Crippen molar-refractivity contribution in [1.29, 1.82) is 0 Å². The third-order valence-electron chi connectivity index (χ3n) is 4.93. The fraction of sp³-hybridized carbons (Fsp3) is 0.318. The van der Waals surface area contributed by atoms with Gasteiger partial charge in [-0.1, -0.05) is 71.9 Å². The van der Waals surface area contributed by atoms with Gasteiger partial charge in [0, 0.05) is 17.4 Å². The minimum Gasteiger partial charge on any atom is -0.368 e. The minimum absolute atomic E-state index is 0.0907. The summed E-state index contributed by atoms with van der Waals surface area (Å²) in [6, 6.07) is 17.9. The van der Waals surface area contributed by atoms with Gasteiger partial charge in [0.15, 0.2) is 11.0 Å². The van der Waals surface area contributed by atoms with Crippen LogP contribution in [0.5, 0.6) is 0 Å². The lowest BCUT2D eigenvalue weighted by Crippen LogP contribution is -2.34. The van der Waals surface area contributed by atoms with E-state index in [1.807, 2.05) is 47.0 Å². The molecule has 0 radical (unpaired) electrons. The molecule has 1 aliphatic rings. The molecule has 1 aromatic heterocycles. The summed E-state index contributed by atoms with van der Waals surface area (Å²) in [5, 5.41) is 13.2. The van der Waals surface area contributed by atoms with Crippen molar-refractivity contribution in [3.05, 3.63) is 76.6 Å². The fourth-order valence-corrected chi connectivity index (χ4v) is 4.55. The van der Waals surface area contributed by atoms with E-state index in [1.54, 1.807) is 11.8 Å². The molecule has 0 aliphatic carbocycles. The maximum atomic E-state index is 12.3. The van der Waals surface area contributed by atoms with Crippen molar-refractivity contribution in [2.45, 2.75) is 42.9 Å². The number of nitrogens with one attached hydrogen (secondary N) is 1. The summed E-state index contributed by atoms with van der Waals surface area (Å²) in [5.41, 5.74) is 2.19. The first-order valence-corrected chi connectivity index (χ1v) is 11.3. The molecule has 1 atom stereocenters. The van der Waals surface area contributed by atoms with Gasteiger partial charge in [0.05, 0.1) is 13.1 Å². The molecule has 2 aromatic carbocycles. The molecule has 0 unspecified atom stereocenters. The second-order valence-corrected chi connectivity index (χ2v) is 8.42. The lowest BCUT2D eigenvalue weighted by Gasteiger charge is -2.13. The van der Waals surface area contributed by atoms with Gasteiger partial charge in [-0.3, -0.25) is 4.79 Å². The molecule has 6 nitrogen and oxygen atoms in total. The average molecular weight is 443 g/mol. The van der Waals surface area contributed by atoms with Crippen molar-refractivity contribution in [2.75, 3.05) is 6.61 Å². The molecular formula is C22H23ClN4O2S. The minimum atomic E-state index is -0.357. The van der Waals surface area contributed by atoms with Crippen LogP contribution in [0.25, 0.3) is 0 Å². The number of carbonyl (C=O) groups excluding carboxylic acids is 1. The van der Waals surface area contributed by atoms with Gasteiger partial charge in [-0.15, -0.1) is 10.2 Å². The van der Waals surface area contributed by atoms with Crippen molar-refractivity contribution < 1.29 is 9.53 Å². The molecular weight excluding hydrogens is 420 g/mol. The van der Waals surface area contributed by atoms with Gasteiger partial charge in [-0.05, 0) is 30.0 Å². The third kappa shape index (κ3) is 5.22. The standard InChI is InChI=1S/C22H23ClN4O2S/c23-18-10-5-4-9-17(18)15-30-22-26-25-20(13-24-21(28)19-11-6-12-29-19)27(22)14-16-7-2-1-3-8-16/h1-5,7-10,19H,6,11-15H2,(H,24,28)/t19-/m0/s1. The van der Waals surface area contributed by atoms with Crippen molar-refractivity contribution in [3.8, 4) is 0 Å². The Morgan fingerprint density at radius 3 is 2.73 bits per heavy atom. The highest BCUT2D eigenvalue weighted by molar-refractivity contribution is 7.98. The number of nitrogens with zero attached hydrogens (tertiary/aromatic N) is 3. The van der Waals surface area contributed by atoms with Crippen LogP contribution < -0.4 is 5.32 Å². The molecule has 1 saturated heterocycles. The number of aromatic nitrogens is 3. The van der Waals surface area contributed by atoms with Crippen molar-refractivity contribution in [3.63, 3.8) is 0 Å². The molecule has 0 spiro atoms. The Morgan fingerprint density at radius 1 is 1.17 bits per heavy atom. The van der Waals surface area contributed by atoms with Gasteiger partial charge < -0.3 is 14.6 Å². The Morgan fingerprint density at radius 2 is 1.97 bits per heavy atom. The number of hydrogen-bond donors (Lipinski definition) is 1. The summed E-state index contributed by atoms with van der Waals surface area (Å²) in [6.07, 6.45) is 1.33. The van der Waals surface area contributed by atoms with E-state index in [-0.39, 0.29) is 12.0 Å². The lowest BCUT2D eigenvalue weighted by molar-refractivity contribution is -0.130. The Bertz CT molecular complexity index is 990. The van der Waals surface area contributed by atoms with E-state index in [0.717, 1.165) is 34.1 Å². The zero-order chi connectivity index (χ0) is 20.8. The zero-order valence-electron chi connectivity index (χ0n) is 16.5. The molecule has 4 rings (SSSR count). The van der Waals surface area contributed by atoms with E-state index < -0.39 is 0 Å². The van der Waals surface area contributed by atoms with Crippen molar-refractivity contribution >= 4 is 29.3 Å². The number of ether oxygens (including phenoxy) is 1. The van der Waals surface area contributed by atoms with E-state index in [9.17, 15) is 4.79 Å². The second-order valence-electron chi connectivity index (χ2n) is 7.07. The SMILES string of the molecule is O=C(NCc1nnc(SCc2ccccc2Cl)n1Cc1ccccc1)[C@@H]1CCCO1. The molecule has 3 aromatic rings. The second kappa shape index (κ2) is 10.1. The summed E-state index contributed by atoms with van der Waals surface area (Å²) in [6.45, 7) is 1.58. The maximum Gasteiger partial charge on any atom is 0.249 e. The molecule has 8 heteroatoms. The van der Waals surface area contributed by atoms with Crippen molar-refractivity contribution in [1.82, 2.24) is 20.1 Å². The first-order chi connectivity index (χ1) is 14.7. The van der Waals surface area contributed by atoms with E-state index in [2.05, 4.69) is 27.6 Å². The highest BCUT2D eigenvalue weighted by Gasteiger charge is 2.24. The smallest absolute Gasteiger partial charge is 0.249 e. The zero-order valence-corrected chi connectivity index (χ0v) is 18.0. The highest BCUT2D eigenvalue weighted by atomic mass is 35.5.